The van der Waals surface area contributed by atoms with Crippen molar-refractivity contribution < 1.29 is 38.5 Å². The zero-order valence-corrected chi connectivity index (χ0v) is 30.8. The number of ether oxygens (including phenoxy) is 3. The molecule has 4 atom stereocenters. The number of rotatable bonds is 9. The average Bonchev–Trinajstić information content (AvgIpc) is 3.75. The molecule has 2 heterocycles. The van der Waals surface area contributed by atoms with E-state index >= 15 is 0 Å². The molecule has 2 aliphatic heterocycles. The summed E-state index contributed by atoms with van der Waals surface area (Å²) in [6.07, 6.45) is -2.26. The number of alkyl carbamates (subject to hydrolysis) is 2. The predicted octanol–water partition coefficient (Wildman–Crippen LogP) is 4.49. The standard InChI is InChI=1S/C37H50N4O8S/c1-23(42)30(39-33(45)47-20-28-26-14-10-8-12-24(26)25-13-9-11-15-27(25)28)32(44)41-18-19-50-37(41)16-17-40(22-37)31(43)29(21-48-35(2,3)4)38-34(46)49-36(5,6)7/h8-15,23,28-30,42H,16-22H2,1-7H3,(H,38,46)(H,39,45)/t23-,29+,30+,37?/m1/s1. The number of carbonyl (C=O) groups excluding carboxylic acids is 4. The third kappa shape index (κ3) is 8.55. The van der Waals surface area contributed by atoms with Crippen LogP contribution in [0, 0.1) is 0 Å². The SMILES string of the molecule is C[C@@H](O)[C@H](NC(=O)OCC1c2ccccc2-c2ccccc21)C(=O)N1CCSC12CCN(C(=O)[C@H](COC(C)(C)C)NC(=O)OC(C)(C)C)C2. The fourth-order valence-corrected chi connectivity index (χ4v) is 8.19. The van der Waals surface area contributed by atoms with E-state index in [-0.39, 0.29) is 31.6 Å². The molecule has 272 valence electrons. The summed E-state index contributed by atoms with van der Waals surface area (Å²) in [6.45, 7) is 13.2. The summed E-state index contributed by atoms with van der Waals surface area (Å²) in [5.41, 5.74) is 3.02. The van der Waals surface area contributed by atoms with Crippen molar-refractivity contribution >= 4 is 35.8 Å². The van der Waals surface area contributed by atoms with Crippen molar-refractivity contribution in [1.29, 1.82) is 0 Å². The Labute approximate surface area is 298 Å². The summed E-state index contributed by atoms with van der Waals surface area (Å²) in [6, 6.07) is 13.8. The number of nitrogens with one attached hydrogen (secondary N) is 2. The van der Waals surface area contributed by atoms with E-state index in [2.05, 4.69) is 22.8 Å². The molecule has 50 heavy (non-hydrogen) atoms. The Bertz CT molecular complexity index is 1540. The Balaban J connectivity index is 1.24. The van der Waals surface area contributed by atoms with Crippen molar-refractivity contribution in [2.75, 3.05) is 38.6 Å². The van der Waals surface area contributed by atoms with Crippen LogP contribution in [0.15, 0.2) is 48.5 Å². The van der Waals surface area contributed by atoms with Crippen LogP contribution in [0.1, 0.15) is 71.9 Å². The van der Waals surface area contributed by atoms with Crippen LogP contribution in [0.2, 0.25) is 0 Å². The van der Waals surface area contributed by atoms with E-state index in [0.29, 0.717) is 25.3 Å². The van der Waals surface area contributed by atoms with E-state index in [1.54, 1.807) is 42.3 Å². The Morgan fingerprint density at radius 1 is 0.900 bits per heavy atom. The number of thioether (sulfide) groups is 1. The van der Waals surface area contributed by atoms with Crippen molar-refractivity contribution in [2.24, 2.45) is 0 Å². The van der Waals surface area contributed by atoms with E-state index in [4.69, 9.17) is 14.2 Å². The first-order valence-electron chi connectivity index (χ1n) is 17.2. The molecule has 0 radical (unpaired) electrons. The molecule has 13 heteroatoms. The highest BCUT2D eigenvalue weighted by Crippen LogP contribution is 2.45. The zero-order chi connectivity index (χ0) is 36.4. The summed E-state index contributed by atoms with van der Waals surface area (Å²) >= 11 is 1.57. The number of aliphatic hydroxyl groups is 1. The van der Waals surface area contributed by atoms with Crippen molar-refractivity contribution in [1.82, 2.24) is 20.4 Å². The van der Waals surface area contributed by atoms with Crippen LogP contribution in [0.3, 0.4) is 0 Å². The van der Waals surface area contributed by atoms with E-state index in [1.165, 1.54) is 6.92 Å². The molecule has 5 rings (SSSR count). The Hall–Kier alpha value is -3.81. The van der Waals surface area contributed by atoms with Gasteiger partial charge in [-0.3, -0.25) is 9.59 Å². The minimum atomic E-state index is -1.26. The fraction of sp³-hybridized carbons (Fsp3) is 0.568. The summed E-state index contributed by atoms with van der Waals surface area (Å²) in [4.78, 5) is 56.3. The topological polar surface area (TPSA) is 147 Å². The number of hydrogen-bond donors (Lipinski definition) is 3. The van der Waals surface area contributed by atoms with Gasteiger partial charge in [0.1, 0.15) is 29.2 Å². The van der Waals surface area contributed by atoms with Gasteiger partial charge in [0, 0.05) is 24.8 Å². The maximum absolute atomic E-state index is 14.1. The quantitative estimate of drug-likeness (QED) is 0.343. The number of amides is 4. The highest BCUT2D eigenvalue weighted by Gasteiger charge is 2.52. The number of carbonyl (C=O) groups is 4. The summed E-state index contributed by atoms with van der Waals surface area (Å²) in [7, 11) is 0. The van der Waals surface area contributed by atoms with E-state index in [1.807, 2.05) is 57.2 Å². The second kappa shape index (κ2) is 14.8. The predicted molar refractivity (Wildman–Crippen MR) is 191 cm³/mol. The highest BCUT2D eigenvalue weighted by atomic mass is 32.2. The van der Waals surface area contributed by atoms with Crippen LogP contribution in [0.4, 0.5) is 9.59 Å². The smallest absolute Gasteiger partial charge is 0.408 e. The van der Waals surface area contributed by atoms with Gasteiger partial charge in [0.2, 0.25) is 11.8 Å². The molecule has 12 nitrogen and oxygen atoms in total. The first kappa shape index (κ1) is 37.4. The van der Waals surface area contributed by atoms with Crippen LogP contribution in [-0.2, 0) is 23.8 Å². The number of fused-ring (bicyclic) bond motifs is 3. The van der Waals surface area contributed by atoms with Crippen molar-refractivity contribution in [3.63, 3.8) is 0 Å². The normalized spacial score (nSPS) is 20.6. The number of nitrogens with zero attached hydrogens (tertiary/aromatic N) is 2. The summed E-state index contributed by atoms with van der Waals surface area (Å²) < 4.78 is 17.0. The number of likely N-dealkylation sites (tertiary alicyclic amines) is 1. The lowest BCUT2D eigenvalue weighted by Crippen LogP contribution is -2.59. The van der Waals surface area contributed by atoms with Crippen LogP contribution >= 0.6 is 11.8 Å². The lowest BCUT2D eigenvalue weighted by molar-refractivity contribution is -0.140. The number of benzene rings is 2. The van der Waals surface area contributed by atoms with E-state index < -0.39 is 52.4 Å². The highest BCUT2D eigenvalue weighted by molar-refractivity contribution is 8.00. The van der Waals surface area contributed by atoms with Gasteiger partial charge in [-0.15, -0.1) is 11.8 Å². The van der Waals surface area contributed by atoms with Crippen LogP contribution in [0.25, 0.3) is 11.1 Å². The molecule has 0 aromatic heterocycles. The van der Waals surface area contributed by atoms with Crippen LogP contribution in [0.5, 0.6) is 0 Å². The molecule has 1 aliphatic carbocycles. The molecule has 0 saturated carbocycles. The minimum Gasteiger partial charge on any atom is -0.449 e. The van der Waals surface area contributed by atoms with Gasteiger partial charge in [-0.25, -0.2) is 9.59 Å². The monoisotopic (exact) mass is 710 g/mol. The molecule has 4 amide bonds. The Morgan fingerprint density at radius 3 is 2.10 bits per heavy atom. The van der Waals surface area contributed by atoms with Gasteiger partial charge in [0.25, 0.3) is 0 Å². The molecule has 0 bridgehead atoms. The summed E-state index contributed by atoms with van der Waals surface area (Å²) in [5, 5.41) is 16.0. The average molecular weight is 711 g/mol. The largest absolute Gasteiger partial charge is 0.449 e. The number of hydrogen-bond acceptors (Lipinski definition) is 9. The van der Waals surface area contributed by atoms with E-state index in [0.717, 1.165) is 22.3 Å². The molecule has 2 aromatic rings. The first-order valence-corrected chi connectivity index (χ1v) is 18.1. The van der Waals surface area contributed by atoms with Gasteiger partial charge in [-0.2, -0.15) is 0 Å². The molecule has 2 aromatic carbocycles. The lowest BCUT2D eigenvalue weighted by atomic mass is 9.98. The maximum Gasteiger partial charge on any atom is 0.408 e. The van der Waals surface area contributed by atoms with Crippen LogP contribution < -0.4 is 10.6 Å². The van der Waals surface area contributed by atoms with Crippen molar-refractivity contribution in [3.05, 3.63) is 59.7 Å². The third-order valence-electron chi connectivity index (χ3n) is 9.00. The van der Waals surface area contributed by atoms with Crippen molar-refractivity contribution in [3.8, 4) is 11.1 Å². The van der Waals surface area contributed by atoms with Gasteiger partial charge >= 0.3 is 12.2 Å². The fourth-order valence-electron chi connectivity index (χ4n) is 6.71. The first-order chi connectivity index (χ1) is 23.5. The third-order valence-corrected chi connectivity index (χ3v) is 10.5. The molecular weight excluding hydrogens is 660 g/mol. The Kier molecular flexibility index (Phi) is 11.1. The number of aliphatic hydroxyl groups excluding tert-OH is 1. The van der Waals surface area contributed by atoms with E-state index in [9.17, 15) is 24.3 Å². The molecule has 1 spiro atoms. The molecule has 2 saturated heterocycles. The van der Waals surface area contributed by atoms with Gasteiger partial charge < -0.3 is 39.8 Å². The molecule has 1 unspecified atom stereocenters. The van der Waals surface area contributed by atoms with Gasteiger partial charge in [-0.05, 0) is 77.1 Å². The lowest BCUT2D eigenvalue weighted by Gasteiger charge is -2.37. The molecular formula is C37H50N4O8S. The molecule has 3 aliphatic rings. The second-order valence-electron chi connectivity index (χ2n) is 15.1. The van der Waals surface area contributed by atoms with Crippen LogP contribution in [-0.4, -0.2) is 112 Å². The van der Waals surface area contributed by atoms with Crippen molar-refractivity contribution in [2.45, 2.75) is 95.1 Å². The molecule has 2 fully saturated rings. The second-order valence-corrected chi connectivity index (χ2v) is 16.6. The maximum atomic E-state index is 14.1. The minimum absolute atomic E-state index is 0.0605. The van der Waals surface area contributed by atoms with Gasteiger partial charge in [0.05, 0.1) is 24.9 Å². The van der Waals surface area contributed by atoms with Gasteiger partial charge in [-0.1, -0.05) is 48.5 Å². The zero-order valence-electron chi connectivity index (χ0n) is 30.0. The Morgan fingerprint density at radius 2 is 1.52 bits per heavy atom. The summed E-state index contributed by atoms with van der Waals surface area (Å²) in [5.74, 6) is -0.331. The van der Waals surface area contributed by atoms with Gasteiger partial charge in [0.15, 0.2) is 0 Å². The molecule has 3 N–H and O–H groups in total.